The molecule has 0 atom stereocenters. The predicted molar refractivity (Wildman–Crippen MR) is 96.3 cm³/mol. The number of hydrazone groups is 1. The van der Waals surface area contributed by atoms with E-state index in [0.29, 0.717) is 30.0 Å². The van der Waals surface area contributed by atoms with Crippen LogP contribution in [0.15, 0.2) is 58.5 Å². The van der Waals surface area contributed by atoms with Gasteiger partial charge < -0.3 is 0 Å². The summed E-state index contributed by atoms with van der Waals surface area (Å²) < 4.78 is 37.7. The van der Waals surface area contributed by atoms with Crippen LogP contribution in [0.5, 0.6) is 0 Å². The van der Waals surface area contributed by atoms with Gasteiger partial charge in [-0.2, -0.15) is 18.4 Å². The van der Waals surface area contributed by atoms with Crippen LogP contribution in [0.1, 0.15) is 18.4 Å². The highest BCUT2D eigenvalue weighted by Crippen LogP contribution is 2.16. The van der Waals surface area contributed by atoms with Gasteiger partial charge in [-0.15, -0.1) is 11.6 Å². The van der Waals surface area contributed by atoms with Gasteiger partial charge >= 0.3 is 0 Å². The lowest BCUT2D eigenvalue weighted by atomic mass is 10.1. The van der Waals surface area contributed by atoms with Crippen LogP contribution in [-0.2, 0) is 10.0 Å². The van der Waals surface area contributed by atoms with Crippen LogP contribution in [0.2, 0.25) is 0 Å². The molecule has 2 aromatic rings. The van der Waals surface area contributed by atoms with Crippen molar-refractivity contribution in [2.75, 3.05) is 5.88 Å². The van der Waals surface area contributed by atoms with Crippen LogP contribution in [0.4, 0.5) is 10.1 Å². The third kappa shape index (κ3) is 5.24. The second-order valence-corrected chi connectivity index (χ2v) is 7.24. The third-order valence-corrected chi connectivity index (χ3v) is 4.87. The maximum absolute atomic E-state index is 13.1. The first-order valence-electron chi connectivity index (χ1n) is 7.48. The lowest BCUT2D eigenvalue weighted by Crippen LogP contribution is -2.20. The van der Waals surface area contributed by atoms with Gasteiger partial charge in [-0.3, -0.25) is 10.1 Å². The molecule has 0 aromatic heterocycles. The van der Waals surface area contributed by atoms with E-state index >= 15 is 0 Å². The molecule has 0 spiro atoms. The Balaban J connectivity index is 2.25. The van der Waals surface area contributed by atoms with Crippen molar-refractivity contribution in [3.05, 3.63) is 70.0 Å². The van der Waals surface area contributed by atoms with Gasteiger partial charge in [0.15, 0.2) is 0 Å². The maximum Gasteiger partial charge on any atom is 0.276 e. The normalized spacial score (nSPS) is 12.0. The van der Waals surface area contributed by atoms with Gasteiger partial charge in [0.1, 0.15) is 5.82 Å². The molecular weight excluding hydrogens is 385 g/mol. The van der Waals surface area contributed by atoms with Crippen molar-refractivity contribution < 1.29 is 17.7 Å². The fourth-order valence-corrected chi connectivity index (χ4v) is 3.02. The Hall–Kier alpha value is -2.52. The second-order valence-electron chi connectivity index (χ2n) is 5.20. The number of sulfonamides is 1. The molecule has 0 amide bonds. The molecule has 138 valence electrons. The number of rotatable bonds is 8. The topological polar surface area (TPSA) is 102 Å². The number of hydrogen-bond acceptors (Lipinski definition) is 5. The molecule has 0 unspecified atom stereocenters. The molecule has 26 heavy (non-hydrogen) atoms. The minimum atomic E-state index is -4.01. The Morgan fingerprint density at radius 3 is 2.31 bits per heavy atom. The van der Waals surface area contributed by atoms with E-state index in [1.54, 1.807) is 0 Å². The molecule has 7 nitrogen and oxygen atoms in total. The summed E-state index contributed by atoms with van der Waals surface area (Å²) in [5, 5.41) is 14.6. The Morgan fingerprint density at radius 2 is 1.77 bits per heavy atom. The molecule has 2 aromatic carbocycles. The molecule has 0 fully saturated rings. The second kappa shape index (κ2) is 8.72. The predicted octanol–water partition coefficient (Wildman–Crippen LogP) is 3.44. The Morgan fingerprint density at radius 1 is 1.15 bits per heavy atom. The number of hydrogen-bond donors (Lipinski definition) is 1. The highest BCUT2D eigenvalue weighted by atomic mass is 35.5. The first kappa shape index (κ1) is 19.8. The fraction of sp³-hybridized carbons (Fsp3) is 0.188. The van der Waals surface area contributed by atoms with Crippen LogP contribution < -0.4 is 4.83 Å². The van der Waals surface area contributed by atoms with E-state index in [0.717, 1.165) is 24.3 Å². The SMILES string of the molecule is O=[N+]([O-])c1ccc(S(=O)(=O)NN=C(CCCCl)c2ccc(F)cc2)cc1. The molecule has 0 bridgehead atoms. The summed E-state index contributed by atoms with van der Waals surface area (Å²) in [7, 11) is -4.01. The summed E-state index contributed by atoms with van der Waals surface area (Å²) in [6.45, 7) is 0. The molecule has 0 saturated heterocycles. The lowest BCUT2D eigenvalue weighted by molar-refractivity contribution is -0.384. The van der Waals surface area contributed by atoms with Crippen molar-refractivity contribution in [3.8, 4) is 0 Å². The van der Waals surface area contributed by atoms with E-state index in [1.807, 2.05) is 0 Å². The maximum atomic E-state index is 13.1. The van der Waals surface area contributed by atoms with E-state index in [-0.39, 0.29) is 10.6 Å². The van der Waals surface area contributed by atoms with E-state index < -0.39 is 20.8 Å². The zero-order valence-electron chi connectivity index (χ0n) is 13.4. The first-order chi connectivity index (χ1) is 12.3. The van der Waals surface area contributed by atoms with Gasteiger partial charge in [0.25, 0.3) is 15.7 Å². The van der Waals surface area contributed by atoms with Gasteiger partial charge in [-0.1, -0.05) is 12.1 Å². The van der Waals surface area contributed by atoms with Gasteiger partial charge in [-0.05, 0) is 42.7 Å². The van der Waals surface area contributed by atoms with Gasteiger partial charge in [0.2, 0.25) is 0 Å². The summed E-state index contributed by atoms with van der Waals surface area (Å²) in [5.74, 6) is -0.0631. The molecule has 2 rings (SSSR count). The molecule has 1 N–H and O–H groups in total. The number of nitro benzene ring substituents is 1. The highest BCUT2D eigenvalue weighted by molar-refractivity contribution is 7.89. The molecule has 0 heterocycles. The molecular formula is C16H15ClFN3O4S. The Labute approximate surface area is 154 Å². The summed E-state index contributed by atoms with van der Waals surface area (Å²) in [4.78, 5) is 12.0. The quantitative estimate of drug-likeness (QED) is 0.318. The van der Waals surface area contributed by atoms with Crippen molar-refractivity contribution in [1.29, 1.82) is 0 Å². The Kier molecular flexibility index (Phi) is 6.64. The third-order valence-electron chi connectivity index (χ3n) is 3.38. The van der Waals surface area contributed by atoms with Crippen LogP contribution >= 0.6 is 11.6 Å². The number of alkyl halides is 1. The monoisotopic (exact) mass is 399 g/mol. The summed E-state index contributed by atoms with van der Waals surface area (Å²) in [6, 6.07) is 9.88. The van der Waals surface area contributed by atoms with Crippen LogP contribution in [0.25, 0.3) is 0 Å². The van der Waals surface area contributed by atoms with Crippen LogP contribution in [0.3, 0.4) is 0 Å². The average molecular weight is 400 g/mol. The number of non-ortho nitro benzene ring substituents is 1. The number of nitro groups is 1. The van der Waals surface area contributed by atoms with Crippen molar-refractivity contribution in [3.63, 3.8) is 0 Å². The molecule has 0 saturated carbocycles. The minimum Gasteiger partial charge on any atom is -0.258 e. The van der Waals surface area contributed by atoms with E-state index in [4.69, 9.17) is 11.6 Å². The van der Waals surface area contributed by atoms with Crippen molar-refractivity contribution >= 4 is 33.0 Å². The summed E-state index contributed by atoms with van der Waals surface area (Å²) >= 11 is 5.68. The van der Waals surface area contributed by atoms with Crippen molar-refractivity contribution in [2.24, 2.45) is 5.10 Å². The molecule has 0 aliphatic rings. The number of halogens is 2. The number of benzene rings is 2. The number of nitrogens with zero attached hydrogens (tertiary/aromatic N) is 2. The standard InChI is InChI=1S/C16H15ClFN3O4S/c17-11-1-2-16(12-3-5-13(18)6-4-12)19-20-26(24,25)15-9-7-14(8-10-15)21(22)23/h3-10,20H,1-2,11H2. The molecule has 10 heteroatoms. The van der Waals surface area contributed by atoms with E-state index in [9.17, 15) is 22.9 Å². The number of nitrogens with one attached hydrogen (secondary N) is 1. The van der Waals surface area contributed by atoms with E-state index in [2.05, 4.69) is 9.93 Å². The molecule has 0 aliphatic heterocycles. The largest absolute Gasteiger partial charge is 0.276 e. The zero-order chi connectivity index (χ0) is 19.2. The van der Waals surface area contributed by atoms with Gasteiger partial charge in [0.05, 0.1) is 15.5 Å². The lowest BCUT2D eigenvalue weighted by Gasteiger charge is -2.08. The summed E-state index contributed by atoms with van der Waals surface area (Å²) in [5.41, 5.74) is 0.737. The van der Waals surface area contributed by atoms with E-state index in [1.165, 1.54) is 24.3 Å². The highest BCUT2D eigenvalue weighted by Gasteiger charge is 2.16. The molecule has 0 radical (unpaired) electrons. The smallest absolute Gasteiger partial charge is 0.258 e. The van der Waals surface area contributed by atoms with Crippen LogP contribution in [0, 0.1) is 15.9 Å². The minimum absolute atomic E-state index is 0.164. The van der Waals surface area contributed by atoms with Crippen molar-refractivity contribution in [2.45, 2.75) is 17.7 Å². The van der Waals surface area contributed by atoms with Gasteiger partial charge in [0, 0.05) is 18.0 Å². The Bertz CT molecular complexity index is 900. The summed E-state index contributed by atoms with van der Waals surface area (Å²) in [6.07, 6.45) is 0.939. The first-order valence-corrected chi connectivity index (χ1v) is 9.50. The van der Waals surface area contributed by atoms with Crippen molar-refractivity contribution in [1.82, 2.24) is 4.83 Å². The van der Waals surface area contributed by atoms with Crippen LogP contribution in [-0.4, -0.2) is 24.9 Å². The average Bonchev–Trinajstić information content (AvgIpc) is 2.63. The fourth-order valence-electron chi connectivity index (χ4n) is 2.06. The zero-order valence-corrected chi connectivity index (χ0v) is 15.0. The molecule has 0 aliphatic carbocycles. The van der Waals surface area contributed by atoms with Gasteiger partial charge in [-0.25, -0.2) is 4.39 Å².